The van der Waals surface area contributed by atoms with E-state index in [9.17, 15) is 18.0 Å². The fourth-order valence-electron chi connectivity index (χ4n) is 3.33. The highest BCUT2D eigenvalue weighted by molar-refractivity contribution is 7.08. The smallest absolute Gasteiger partial charge is 0.416 e. The van der Waals surface area contributed by atoms with Gasteiger partial charge in [0.1, 0.15) is 0 Å². The number of carboxylic acids is 1. The quantitative estimate of drug-likeness (QED) is 0.853. The molecule has 0 saturated carbocycles. The summed E-state index contributed by atoms with van der Waals surface area (Å²) >= 11 is 1.50. The third-order valence-corrected chi connectivity index (χ3v) is 5.33. The number of rotatable bonds is 4. The molecule has 1 fully saturated rings. The summed E-state index contributed by atoms with van der Waals surface area (Å²) in [5.74, 6) is -1.17. The zero-order valence-electron chi connectivity index (χ0n) is 13.4. The van der Waals surface area contributed by atoms with Crippen LogP contribution in [0.3, 0.4) is 0 Å². The summed E-state index contributed by atoms with van der Waals surface area (Å²) in [5.41, 5.74) is 0.866. The normalized spacial score (nSPS) is 18.2. The standard InChI is InChI=1S/C18H18F3NO2S/c19-18(20,21)15-3-1-2-13(10-15)16(14-6-9-25-11-14)22-7-4-12(5-8-22)17(23)24/h1-3,6,9-12,16H,4-5,7-8H2,(H,23,24). The molecule has 1 aliphatic heterocycles. The summed E-state index contributed by atoms with van der Waals surface area (Å²) in [6.07, 6.45) is -3.37. The SMILES string of the molecule is O=C(O)C1CCN(C(c2ccsc2)c2cccc(C(F)(F)F)c2)CC1. The number of likely N-dealkylation sites (tertiary alicyclic amines) is 1. The van der Waals surface area contributed by atoms with E-state index >= 15 is 0 Å². The molecule has 1 saturated heterocycles. The van der Waals surface area contributed by atoms with Gasteiger partial charge in [-0.2, -0.15) is 24.5 Å². The van der Waals surface area contributed by atoms with Crippen molar-refractivity contribution >= 4 is 17.3 Å². The van der Waals surface area contributed by atoms with Crippen LogP contribution in [0, 0.1) is 5.92 Å². The van der Waals surface area contributed by atoms with Crippen LogP contribution in [0.25, 0.3) is 0 Å². The maximum Gasteiger partial charge on any atom is 0.416 e. The van der Waals surface area contributed by atoms with Crippen LogP contribution in [-0.4, -0.2) is 29.1 Å². The minimum atomic E-state index is -4.38. The third kappa shape index (κ3) is 4.04. The van der Waals surface area contributed by atoms with Gasteiger partial charge in [-0.1, -0.05) is 12.1 Å². The number of benzene rings is 1. The van der Waals surface area contributed by atoms with Gasteiger partial charge in [-0.3, -0.25) is 9.69 Å². The lowest BCUT2D eigenvalue weighted by Gasteiger charge is -2.36. The second kappa shape index (κ2) is 7.17. The van der Waals surface area contributed by atoms with E-state index in [0.717, 1.165) is 11.6 Å². The Morgan fingerprint density at radius 1 is 1.20 bits per heavy atom. The van der Waals surface area contributed by atoms with Crippen LogP contribution in [0.4, 0.5) is 13.2 Å². The average molecular weight is 369 g/mol. The number of thiophene rings is 1. The molecule has 1 aliphatic rings. The molecule has 2 aromatic rings. The molecule has 0 amide bonds. The van der Waals surface area contributed by atoms with Crippen molar-refractivity contribution in [3.8, 4) is 0 Å². The Balaban J connectivity index is 1.91. The number of carbonyl (C=O) groups is 1. The molecule has 3 rings (SSSR count). The minimum absolute atomic E-state index is 0.289. The van der Waals surface area contributed by atoms with Crippen molar-refractivity contribution in [2.75, 3.05) is 13.1 Å². The number of hydrogen-bond acceptors (Lipinski definition) is 3. The molecule has 0 radical (unpaired) electrons. The van der Waals surface area contributed by atoms with E-state index in [1.54, 1.807) is 6.07 Å². The molecular weight excluding hydrogens is 351 g/mol. The first kappa shape index (κ1) is 17.9. The van der Waals surface area contributed by atoms with E-state index in [1.165, 1.54) is 23.5 Å². The number of halogens is 3. The zero-order chi connectivity index (χ0) is 18.0. The Morgan fingerprint density at radius 3 is 2.48 bits per heavy atom. The van der Waals surface area contributed by atoms with E-state index in [4.69, 9.17) is 5.11 Å². The largest absolute Gasteiger partial charge is 0.481 e. The average Bonchev–Trinajstić information content (AvgIpc) is 3.09. The summed E-state index contributed by atoms with van der Waals surface area (Å²) in [6, 6.07) is 7.04. The second-order valence-corrected chi connectivity index (χ2v) is 7.01. The minimum Gasteiger partial charge on any atom is -0.481 e. The van der Waals surface area contributed by atoms with Crippen molar-refractivity contribution in [1.29, 1.82) is 0 Å². The molecule has 1 atom stereocenters. The van der Waals surface area contributed by atoms with Crippen molar-refractivity contribution in [1.82, 2.24) is 4.90 Å². The molecule has 3 nitrogen and oxygen atoms in total. The Bertz CT molecular complexity index is 722. The van der Waals surface area contributed by atoms with Crippen molar-refractivity contribution < 1.29 is 23.1 Å². The summed E-state index contributed by atoms with van der Waals surface area (Å²) in [4.78, 5) is 13.2. The highest BCUT2D eigenvalue weighted by Crippen LogP contribution is 2.36. The number of alkyl halides is 3. The third-order valence-electron chi connectivity index (χ3n) is 4.63. The van der Waals surface area contributed by atoms with Crippen LogP contribution >= 0.6 is 11.3 Å². The molecule has 0 spiro atoms. The Morgan fingerprint density at radius 2 is 1.92 bits per heavy atom. The number of aliphatic carboxylic acids is 1. The fourth-order valence-corrected chi connectivity index (χ4v) is 4.01. The Hall–Kier alpha value is -1.86. The summed E-state index contributed by atoms with van der Waals surface area (Å²) in [6.45, 7) is 1.10. The van der Waals surface area contributed by atoms with Gasteiger partial charge in [0, 0.05) is 0 Å². The van der Waals surface area contributed by atoms with Gasteiger partial charge in [0.05, 0.1) is 17.5 Å². The van der Waals surface area contributed by atoms with Gasteiger partial charge in [-0.25, -0.2) is 0 Å². The molecule has 0 bridgehead atoms. The first-order valence-electron chi connectivity index (χ1n) is 8.02. The van der Waals surface area contributed by atoms with Gasteiger partial charge in [0.25, 0.3) is 0 Å². The summed E-state index contributed by atoms with van der Waals surface area (Å²) < 4.78 is 39.2. The second-order valence-electron chi connectivity index (χ2n) is 6.23. The van der Waals surface area contributed by atoms with Crippen LogP contribution < -0.4 is 0 Å². The van der Waals surface area contributed by atoms with Gasteiger partial charge < -0.3 is 5.11 Å². The maximum absolute atomic E-state index is 13.1. The molecule has 25 heavy (non-hydrogen) atoms. The molecule has 2 heterocycles. The van der Waals surface area contributed by atoms with Crippen LogP contribution in [0.1, 0.15) is 35.6 Å². The monoisotopic (exact) mass is 369 g/mol. The number of carboxylic acid groups (broad SMARTS) is 1. The lowest BCUT2D eigenvalue weighted by atomic mass is 9.91. The van der Waals surface area contributed by atoms with E-state index in [0.29, 0.717) is 31.5 Å². The van der Waals surface area contributed by atoms with E-state index in [2.05, 4.69) is 4.90 Å². The lowest BCUT2D eigenvalue weighted by Crippen LogP contribution is -2.39. The highest BCUT2D eigenvalue weighted by Gasteiger charge is 2.33. The molecule has 0 aliphatic carbocycles. The first-order chi connectivity index (χ1) is 11.9. The number of hydrogen-bond donors (Lipinski definition) is 1. The lowest BCUT2D eigenvalue weighted by molar-refractivity contribution is -0.143. The predicted molar refractivity (Wildman–Crippen MR) is 89.5 cm³/mol. The molecule has 1 aromatic carbocycles. The molecule has 134 valence electrons. The van der Waals surface area contributed by atoms with Crippen molar-refractivity contribution in [3.05, 3.63) is 57.8 Å². The van der Waals surface area contributed by atoms with Crippen LogP contribution in [0.2, 0.25) is 0 Å². The Kier molecular flexibility index (Phi) is 5.15. The van der Waals surface area contributed by atoms with E-state index in [1.807, 2.05) is 16.8 Å². The molecular formula is C18H18F3NO2S. The van der Waals surface area contributed by atoms with Crippen LogP contribution in [0.5, 0.6) is 0 Å². The highest BCUT2D eigenvalue weighted by atomic mass is 32.1. The fraction of sp³-hybridized carbons (Fsp3) is 0.389. The zero-order valence-corrected chi connectivity index (χ0v) is 14.2. The van der Waals surface area contributed by atoms with Crippen LogP contribution in [-0.2, 0) is 11.0 Å². The number of nitrogens with zero attached hydrogens (tertiary/aromatic N) is 1. The van der Waals surface area contributed by atoms with Gasteiger partial charge in [-0.05, 0) is 66.0 Å². The van der Waals surface area contributed by atoms with E-state index in [-0.39, 0.29) is 12.0 Å². The first-order valence-corrected chi connectivity index (χ1v) is 8.96. The molecule has 7 heteroatoms. The van der Waals surface area contributed by atoms with Crippen molar-refractivity contribution in [2.24, 2.45) is 5.92 Å². The van der Waals surface area contributed by atoms with Crippen molar-refractivity contribution in [3.63, 3.8) is 0 Å². The topological polar surface area (TPSA) is 40.5 Å². The maximum atomic E-state index is 13.1. The summed E-state index contributed by atoms with van der Waals surface area (Å²) in [7, 11) is 0. The van der Waals surface area contributed by atoms with Gasteiger partial charge in [-0.15, -0.1) is 0 Å². The molecule has 1 unspecified atom stereocenters. The van der Waals surface area contributed by atoms with Gasteiger partial charge in [0.15, 0.2) is 0 Å². The number of piperidine rings is 1. The molecule has 1 aromatic heterocycles. The van der Waals surface area contributed by atoms with Gasteiger partial charge in [0.2, 0.25) is 0 Å². The Labute approximate surface area is 147 Å². The van der Waals surface area contributed by atoms with E-state index < -0.39 is 17.7 Å². The predicted octanol–water partition coefficient (Wildman–Crippen LogP) is 4.65. The molecule has 1 N–H and O–H groups in total. The van der Waals surface area contributed by atoms with Gasteiger partial charge >= 0.3 is 12.1 Å². The summed E-state index contributed by atoms with van der Waals surface area (Å²) in [5, 5.41) is 13.0. The van der Waals surface area contributed by atoms with Crippen LogP contribution in [0.15, 0.2) is 41.1 Å². The van der Waals surface area contributed by atoms with Crippen molar-refractivity contribution in [2.45, 2.75) is 25.1 Å².